The Bertz CT molecular complexity index is 139. The molecule has 3 nitrogen and oxygen atoms in total. The molecule has 0 saturated heterocycles. The first-order valence-corrected chi connectivity index (χ1v) is 5.26. The zero-order valence-electron chi connectivity index (χ0n) is 9.54. The minimum Gasteiger partial charge on any atom is -0.383 e. The molecule has 2 N–H and O–H groups in total. The molecule has 0 bridgehead atoms. The summed E-state index contributed by atoms with van der Waals surface area (Å²) in [5.41, 5.74) is 5.52. The second-order valence-corrected chi connectivity index (χ2v) is 3.72. The van der Waals surface area contributed by atoms with Crippen LogP contribution in [0.5, 0.6) is 0 Å². The van der Waals surface area contributed by atoms with Gasteiger partial charge in [0, 0.05) is 26.7 Å². The lowest BCUT2D eigenvalue weighted by Gasteiger charge is -2.23. The molecule has 0 aromatic carbocycles. The van der Waals surface area contributed by atoms with Gasteiger partial charge in [-0.15, -0.1) is 6.58 Å². The third kappa shape index (κ3) is 7.06. The van der Waals surface area contributed by atoms with E-state index in [0.717, 1.165) is 39.2 Å². The summed E-state index contributed by atoms with van der Waals surface area (Å²) in [5, 5.41) is 0. The van der Waals surface area contributed by atoms with Crippen LogP contribution in [-0.2, 0) is 4.74 Å². The van der Waals surface area contributed by atoms with E-state index in [-0.39, 0.29) is 0 Å². The minimum atomic E-state index is 0.650. The van der Waals surface area contributed by atoms with Gasteiger partial charge in [0.25, 0.3) is 0 Å². The lowest BCUT2D eigenvalue weighted by molar-refractivity contribution is 0.145. The third-order valence-electron chi connectivity index (χ3n) is 2.23. The zero-order valence-corrected chi connectivity index (χ0v) is 9.54. The lowest BCUT2D eigenvalue weighted by atomic mass is 10.1. The number of hydrogen-bond acceptors (Lipinski definition) is 3. The predicted molar refractivity (Wildman–Crippen MR) is 61.3 cm³/mol. The first-order valence-electron chi connectivity index (χ1n) is 5.26. The summed E-state index contributed by atoms with van der Waals surface area (Å²) < 4.78 is 5.06. The maximum atomic E-state index is 5.52. The highest BCUT2D eigenvalue weighted by Crippen LogP contribution is 2.03. The van der Waals surface area contributed by atoms with Crippen LogP contribution in [0.15, 0.2) is 12.7 Å². The van der Waals surface area contributed by atoms with E-state index in [1.54, 1.807) is 7.11 Å². The van der Waals surface area contributed by atoms with E-state index >= 15 is 0 Å². The molecule has 0 aliphatic heterocycles. The molecule has 0 aromatic rings. The van der Waals surface area contributed by atoms with E-state index in [2.05, 4.69) is 18.4 Å². The average Bonchev–Trinajstić information content (AvgIpc) is 2.15. The summed E-state index contributed by atoms with van der Waals surface area (Å²) in [7, 11) is 1.73. The minimum absolute atomic E-state index is 0.650. The quantitative estimate of drug-likeness (QED) is 0.567. The van der Waals surface area contributed by atoms with Crippen LogP contribution >= 0.6 is 0 Å². The van der Waals surface area contributed by atoms with Gasteiger partial charge in [-0.2, -0.15) is 0 Å². The molecule has 0 fully saturated rings. The summed E-state index contributed by atoms with van der Waals surface area (Å²) in [6, 6.07) is 0. The number of nitrogens with two attached hydrogens (primary N) is 1. The van der Waals surface area contributed by atoms with Crippen molar-refractivity contribution in [2.24, 2.45) is 11.7 Å². The van der Waals surface area contributed by atoms with Crippen molar-refractivity contribution in [2.75, 3.05) is 39.9 Å². The summed E-state index contributed by atoms with van der Waals surface area (Å²) in [6.45, 7) is 10.5. The van der Waals surface area contributed by atoms with E-state index < -0.39 is 0 Å². The van der Waals surface area contributed by atoms with Gasteiger partial charge in [-0.25, -0.2) is 0 Å². The SMILES string of the molecule is C=CCN(CCOC)CC(C)CCN. The maximum absolute atomic E-state index is 5.52. The Morgan fingerprint density at radius 3 is 2.79 bits per heavy atom. The first kappa shape index (κ1) is 13.6. The van der Waals surface area contributed by atoms with Crippen LogP contribution in [0.3, 0.4) is 0 Å². The molecule has 0 rings (SSSR count). The number of methoxy groups -OCH3 is 1. The molecule has 0 heterocycles. The normalized spacial score (nSPS) is 13.1. The van der Waals surface area contributed by atoms with Crippen LogP contribution in [0.2, 0.25) is 0 Å². The van der Waals surface area contributed by atoms with Gasteiger partial charge in [0.05, 0.1) is 6.61 Å². The third-order valence-corrected chi connectivity index (χ3v) is 2.23. The predicted octanol–water partition coefficient (Wildman–Crippen LogP) is 1.11. The number of nitrogens with zero attached hydrogens (tertiary/aromatic N) is 1. The van der Waals surface area contributed by atoms with Crippen LogP contribution in [0.25, 0.3) is 0 Å². The van der Waals surface area contributed by atoms with E-state index in [1.807, 2.05) is 6.08 Å². The average molecular weight is 200 g/mol. The fraction of sp³-hybridized carbons (Fsp3) is 0.818. The highest BCUT2D eigenvalue weighted by atomic mass is 16.5. The summed E-state index contributed by atoms with van der Waals surface area (Å²) in [4.78, 5) is 2.34. The molecule has 0 amide bonds. The topological polar surface area (TPSA) is 38.5 Å². The van der Waals surface area contributed by atoms with E-state index in [4.69, 9.17) is 10.5 Å². The van der Waals surface area contributed by atoms with Gasteiger partial charge in [0.2, 0.25) is 0 Å². The van der Waals surface area contributed by atoms with Crippen molar-refractivity contribution in [2.45, 2.75) is 13.3 Å². The largest absolute Gasteiger partial charge is 0.383 e. The Labute approximate surface area is 87.9 Å². The molecule has 84 valence electrons. The van der Waals surface area contributed by atoms with Crippen molar-refractivity contribution in [1.29, 1.82) is 0 Å². The van der Waals surface area contributed by atoms with Crippen molar-refractivity contribution in [1.82, 2.24) is 4.90 Å². The van der Waals surface area contributed by atoms with Crippen molar-refractivity contribution >= 4 is 0 Å². The van der Waals surface area contributed by atoms with Gasteiger partial charge in [-0.05, 0) is 18.9 Å². The highest BCUT2D eigenvalue weighted by Gasteiger charge is 2.07. The molecule has 1 unspecified atom stereocenters. The summed E-state index contributed by atoms with van der Waals surface area (Å²) >= 11 is 0. The van der Waals surface area contributed by atoms with Gasteiger partial charge >= 0.3 is 0 Å². The van der Waals surface area contributed by atoms with Crippen LogP contribution in [0.1, 0.15) is 13.3 Å². The number of ether oxygens (including phenoxy) is 1. The first-order chi connectivity index (χ1) is 6.74. The molecule has 3 heteroatoms. The molecule has 0 aliphatic carbocycles. The smallest absolute Gasteiger partial charge is 0.0589 e. The number of hydrogen-bond donors (Lipinski definition) is 1. The molecular formula is C11H24N2O. The van der Waals surface area contributed by atoms with Crippen molar-refractivity contribution in [3.8, 4) is 0 Å². The fourth-order valence-electron chi connectivity index (χ4n) is 1.48. The molecule has 0 aliphatic rings. The van der Waals surface area contributed by atoms with Gasteiger partial charge in [0.1, 0.15) is 0 Å². The van der Waals surface area contributed by atoms with Gasteiger partial charge in [-0.3, -0.25) is 4.90 Å². The van der Waals surface area contributed by atoms with Crippen molar-refractivity contribution < 1.29 is 4.74 Å². The van der Waals surface area contributed by atoms with Crippen molar-refractivity contribution in [3.05, 3.63) is 12.7 Å². The van der Waals surface area contributed by atoms with E-state index in [1.165, 1.54) is 0 Å². The van der Waals surface area contributed by atoms with E-state index in [0.29, 0.717) is 5.92 Å². The van der Waals surface area contributed by atoms with Crippen molar-refractivity contribution in [3.63, 3.8) is 0 Å². The molecular weight excluding hydrogens is 176 g/mol. The molecule has 14 heavy (non-hydrogen) atoms. The summed E-state index contributed by atoms with van der Waals surface area (Å²) in [5.74, 6) is 0.650. The Morgan fingerprint density at radius 1 is 1.57 bits per heavy atom. The molecule has 0 aromatic heterocycles. The summed E-state index contributed by atoms with van der Waals surface area (Å²) in [6.07, 6.45) is 3.02. The number of rotatable bonds is 9. The molecule has 0 spiro atoms. The highest BCUT2D eigenvalue weighted by molar-refractivity contribution is 4.74. The van der Waals surface area contributed by atoms with Crippen LogP contribution in [-0.4, -0.2) is 44.8 Å². The van der Waals surface area contributed by atoms with Gasteiger partial charge in [0.15, 0.2) is 0 Å². The van der Waals surface area contributed by atoms with Gasteiger partial charge < -0.3 is 10.5 Å². The Balaban J connectivity index is 3.75. The second kappa shape index (κ2) is 9.19. The molecule has 0 radical (unpaired) electrons. The van der Waals surface area contributed by atoms with Crippen LogP contribution in [0.4, 0.5) is 0 Å². The molecule has 0 saturated carbocycles. The maximum Gasteiger partial charge on any atom is 0.0589 e. The second-order valence-electron chi connectivity index (χ2n) is 3.72. The Kier molecular flexibility index (Phi) is 8.94. The van der Waals surface area contributed by atoms with E-state index in [9.17, 15) is 0 Å². The Hall–Kier alpha value is -0.380. The zero-order chi connectivity index (χ0) is 10.8. The van der Waals surface area contributed by atoms with Crippen LogP contribution in [0, 0.1) is 5.92 Å². The standard InChI is InChI=1S/C11H24N2O/c1-4-7-13(8-9-14-3)10-11(2)5-6-12/h4,11H,1,5-10,12H2,2-3H3. The van der Waals surface area contributed by atoms with Gasteiger partial charge in [-0.1, -0.05) is 13.0 Å². The van der Waals surface area contributed by atoms with Crippen LogP contribution < -0.4 is 5.73 Å². The monoisotopic (exact) mass is 200 g/mol. The Morgan fingerprint density at radius 2 is 2.29 bits per heavy atom. The lowest BCUT2D eigenvalue weighted by Crippen LogP contribution is -2.32. The molecule has 1 atom stereocenters. The fourth-order valence-corrected chi connectivity index (χ4v) is 1.48.